The van der Waals surface area contributed by atoms with Crippen LogP contribution in [0.2, 0.25) is 39.3 Å². The molecular formula is C14H30S4Si2. The Morgan fingerprint density at radius 2 is 0.800 bits per heavy atom. The third-order valence-electron chi connectivity index (χ3n) is 4.21. The second kappa shape index (κ2) is 6.38. The summed E-state index contributed by atoms with van der Waals surface area (Å²) in [7, 11) is -2.51. The van der Waals surface area contributed by atoms with Gasteiger partial charge in [0.15, 0.2) is 0 Å². The molecule has 2 fully saturated rings. The molecule has 0 saturated carbocycles. The molecule has 0 unspecified atom stereocenters. The maximum Gasteiger partial charge on any atom is 0.0777 e. The molecule has 20 heavy (non-hydrogen) atoms. The Morgan fingerprint density at radius 1 is 0.550 bits per heavy atom. The minimum atomic E-state index is -1.26. The molecule has 0 aliphatic carbocycles. The maximum absolute atomic E-state index is 2.63. The topological polar surface area (TPSA) is 0 Å². The Bertz CT molecular complexity index is 300. The first kappa shape index (κ1) is 18.2. The lowest BCUT2D eigenvalue weighted by Gasteiger charge is -2.62. The fourth-order valence-corrected chi connectivity index (χ4v) is 26.7. The third-order valence-corrected chi connectivity index (χ3v) is 25.7. The van der Waals surface area contributed by atoms with E-state index in [9.17, 15) is 0 Å². The molecule has 0 aromatic rings. The van der Waals surface area contributed by atoms with Crippen molar-refractivity contribution in [3.63, 3.8) is 0 Å². The van der Waals surface area contributed by atoms with E-state index in [1.807, 2.05) is 0 Å². The Morgan fingerprint density at radius 3 is 1.00 bits per heavy atom. The molecule has 0 spiro atoms. The summed E-state index contributed by atoms with van der Waals surface area (Å²) in [6.07, 6.45) is 2.83. The molecule has 0 aromatic heterocycles. The van der Waals surface area contributed by atoms with Crippen LogP contribution in [0, 0.1) is 0 Å². The van der Waals surface area contributed by atoms with Crippen LogP contribution < -0.4 is 0 Å². The minimum Gasteiger partial charge on any atom is -0.146 e. The highest BCUT2D eigenvalue weighted by Crippen LogP contribution is 2.67. The Hall–Kier alpha value is 1.83. The first-order valence-electron chi connectivity index (χ1n) is 7.72. The van der Waals surface area contributed by atoms with Crippen molar-refractivity contribution in [1.82, 2.24) is 0 Å². The molecule has 6 heteroatoms. The Kier molecular flexibility index (Phi) is 5.80. The van der Waals surface area contributed by atoms with Gasteiger partial charge in [0.05, 0.1) is 23.6 Å². The quantitative estimate of drug-likeness (QED) is 0.559. The van der Waals surface area contributed by atoms with E-state index in [0.717, 1.165) is 0 Å². The average molecular weight is 383 g/mol. The standard InChI is InChI=1S/C14H30S4Si2/c1-19(2,3)13(15-9-7-10-16-13)14(20(4,5)6)17-11-8-12-18-14/h7-12H2,1-6H3. The monoisotopic (exact) mass is 382 g/mol. The van der Waals surface area contributed by atoms with Gasteiger partial charge in [0, 0.05) is 0 Å². The van der Waals surface area contributed by atoms with E-state index in [1.54, 1.807) is 0 Å². The highest BCUT2D eigenvalue weighted by Gasteiger charge is 2.65. The van der Waals surface area contributed by atoms with Crippen molar-refractivity contribution in [1.29, 1.82) is 0 Å². The van der Waals surface area contributed by atoms with Gasteiger partial charge >= 0.3 is 0 Å². The lowest BCUT2D eigenvalue weighted by Crippen LogP contribution is -2.70. The highest BCUT2D eigenvalue weighted by molar-refractivity contribution is 8.29. The lowest BCUT2D eigenvalue weighted by atomic mass is 10.6. The van der Waals surface area contributed by atoms with Crippen LogP contribution in [0.3, 0.4) is 0 Å². The average Bonchev–Trinajstić information content (AvgIpc) is 2.38. The summed E-state index contributed by atoms with van der Waals surface area (Å²) in [6, 6.07) is 0. The third kappa shape index (κ3) is 2.95. The van der Waals surface area contributed by atoms with Crippen molar-refractivity contribution in [3.8, 4) is 0 Å². The minimum absolute atomic E-state index is 0.526. The zero-order chi connectivity index (χ0) is 15.1. The Labute approximate surface area is 145 Å². The van der Waals surface area contributed by atoms with Crippen LogP contribution in [-0.4, -0.2) is 46.6 Å². The highest BCUT2D eigenvalue weighted by atomic mass is 32.2. The van der Waals surface area contributed by atoms with Gasteiger partial charge in [-0.05, 0) is 35.9 Å². The fourth-order valence-electron chi connectivity index (χ4n) is 3.30. The maximum atomic E-state index is 2.63. The van der Waals surface area contributed by atoms with Crippen LogP contribution in [0.25, 0.3) is 0 Å². The molecule has 0 aromatic carbocycles. The van der Waals surface area contributed by atoms with Crippen molar-refractivity contribution in [2.24, 2.45) is 0 Å². The van der Waals surface area contributed by atoms with E-state index in [1.165, 1.54) is 35.9 Å². The fraction of sp³-hybridized carbons (Fsp3) is 1.00. The first-order valence-corrected chi connectivity index (χ1v) is 18.7. The number of hydrogen-bond donors (Lipinski definition) is 0. The van der Waals surface area contributed by atoms with Crippen LogP contribution in [0.4, 0.5) is 0 Å². The van der Waals surface area contributed by atoms with E-state index in [0.29, 0.717) is 7.40 Å². The van der Waals surface area contributed by atoms with Crippen LogP contribution in [0.15, 0.2) is 0 Å². The predicted molar refractivity (Wildman–Crippen MR) is 111 cm³/mol. The summed E-state index contributed by atoms with van der Waals surface area (Å²) in [5, 5.41) is 0. The molecule has 118 valence electrons. The van der Waals surface area contributed by atoms with Gasteiger partial charge in [-0.3, -0.25) is 0 Å². The molecule has 2 aliphatic rings. The van der Waals surface area contributed by atoms with Gasteiger partial charge in [-0.15, -0.1) is 47.0 Å². The lowest BCUT2D eigenvalue weighted by molar-refractivity contribution is 0.967. The van der Waals surface area contributed by atoms with Gasteiger partial charge in [0.25, 0.3) is 0 Å². The van der Waals surface area contributed by atoms with E-state index in [4.69, 9.17) is 0 Å². The van der Waals surface area contributed by atoms with Gasteiger partial charge in [-0.1, -0.05) is 39.3 Å². The molecule has 0 atom stereocenters. The van der Waals surface area contributed by atoms with Crippen molar-refractivity contribution >= 4 is 63.2 Å². The van der Waals surface area contributed by atoms with E-state index in [-0.39, 0.29) is 0 Å². The van der Waals surface area contributed by atoms with E-state index < -0.39 is 16.1 Å². The molecule has 0 nitrogen and oxygen atoms in total. The largest absolute Gasteiger partial charge is 0.146 e. The molecule has 0 N–H and O–H groups in total. The molecule has 2 aliphatic heterocycles. The zero-order valence-electron chi connectivity index (χ0n) is 13.9. The molecule has 0 amide bonds. The van der Waals surface area contributed by atoms with Crippen LogP contribution in [-0.2, 0) is 0 Å². The van der Waals surface area contributed by atoms with Crippen molar-refractivity contribution < 1.29 is 0 Å². The van der Waals surface area contributed by atoms with Gasteiger partial charge in [0.2, 0.25) is 0 Å². The van der Waals surface area contributed by atoms with Gasteiger partial charge < -0.3 is 0 Å². The summed E-state index contributed by atoms with van der Waals surface area (Å²) in [5.74, 6) is 5.57. The molecule has 2 heterocycles. The second-order valence-corrected chi connectivity index (χ2v) is 25.5. The predicted octanol–water partition coefficient (Wildman–Crippen LogP) is 5.87. The molecule has 0 radical (unpaired) electrons. The van der Waals surface area contributed by atoms with E-state index >= 15 is 0 Å². The summed E-state index contributed by atoms with van der Waals surface area (Å²) < 4.78 is 1.05. The Balaban J connectivity index is 2.52. The molecular weight excluding hydrogens is 353 g/mol. The van der Waals surface area contributed by atoms with Crippen molar-refractivity contribution in [2.45, 2.75) is 59.5 Å². The normalized spacial score (nSPS) is 27.3. The number of hydrogen-bond acceptors (Lipinski definition) is 4. The summed E-state index contributed by atoms with van der Waals surface area (Å²) >= 11 is 9.47. The first-order chi connectivity index (χ1) is 9.16. The number of thioether (sulfide) groups is 4. The van der Waals surface area contributed by atoms with Crippen LogP contribution >= 0.6 is 47.0 Å². The smallest absolute Gasteiger partial charge is 0.0777 e. The van der Waals surface area contributed by atoms with Gasteiger partial charge in [-0.2, -0.15) is 0 Å². The summed E-state index contributed by atoms with van der Waals surface area (Å²) in [5.41, 5.74) is 0. The number of rotatable bonds is 3. The molecule has 0 bridgehead atoms. The summed E-state index contributed by atoms with van der Waals surface area (Å²) in [4.78, 5) is 0. The van der Waals surface area contributed by atoms with Gasteiger partial charge in [0.1, 0.15) is 0 Å². The van der Waals surface area contributed by atoms with Crippen molar-refractivity contribution in [3.05, 3.63) is 0 Å². The molecule has 2 rings (SSSR count). The summed E-state index contributed by atoms with van der Waals surface area (Å²) in [6.45, 7) is 15.8. The van der Waals surface area contributed by atoms with Crippen LogP contribution in [0.1, 0.15) is 12.8 Å². The van der Waals surface area contributed by atoms with E-state index in [2.05, 4.69) is 86.3 Å². The zero-order valence-corrected chi connectivity index (χ0v) is 19.1. The van der Waals surface area contributed by atoms with Crippen LogP contribution in [0.5, 0.6) is 0 Å². The second-order valence-electron chi connectivity index (χ2n) is 7.83. The molecule has 2 saturated heterocycles. The van der Waals surface area contributed by atoms with Crippen molar-refractivity contribution in [2.75, 3.05) is 23.0 Å². The SMILES string of the molecule is C[Si](C)(C)C1(C2([Si](C)(C)C)SCCCS2)SCCCS1. The van der Waals surface area contributed by atoms with Gasteiger partial charge in [-0.25, -0.2) is 0 Å².